The number of hydrogen-bond acceptors (Lipinski definition) is 4. The van der Waals surface area contributed by atoms with Gasteiger partial charge >= 0.3 is 0 Å². The zero-order valence-electron chi connectivity index (χ0n) is 14.2. The van der Waals surface area contributed by atoms with E-state index < -0.39 is 0 Å². The third-order valence-electron chi connectivity index (χ3n) is 6.05. The lowest BCUT2D eigenvalue weighted by Gasteiger charge is -2.18. The monoisotopic (exact) mass is 317 g/mol. The molecule has 3 heterocycles. The van der Waals surface area contributed by atoms with Crippen molar-refractivity contribution in [3.05, 3.63) is 11.4 Å². The molecule has 1 aliphatic carbocycles. The second-order valence-corrected chi connectivity index (χ2v) is 7.81. The number of likely N-dealkylation sites (tertiary alicyclic amines) is 2. The largest absolute Gasteiger partial charge is 0.337 e. The molecular weight excluding hydrogens is 290 g/mol. The molecule has 0 N–H and O–H groups in total. The van der Waals surface area contributed by atoms with Gasteiger partial charge in [0.1, 0.15) is 0 Å². The zero-order chi connectivity index (χ0) is 16.0. The summed E-state index contributed by atoms with van der Waals surface area (Å²) >= 11 is 0. The summed E-state index contributed by atoms with van der Waals surface area (Å²) in [6.07, 6.45) is 5.22. The molecule has 0 spiro atoms. The normalized spacial score (nSPS) is 28.7. The van der Waals surface area contributed by atoms with Crippen LogP contribution in [0.5, 0.6) is 0 Å². The van der Waals surface area contributed by atoms with Gasteiger partial charge < -0.3 is 9.80 Å². The lowest BCUT2D eigenvalue weighted by Crippen LogP contribution is -2.33. The molecule has 3 fully saturated rings. The lowest BCUT2D eigenvalue weighted by atomic mass is 10.0. The van der Waals surface area contributed by atoms with E-state index in [1.807, 2.05) is 16.5 Å². The Kier molecular flexibility index (Phi) is 3.87. The molecule has 0 radical (unpaired) electrons. The highest BCUT2D eigenvalue weighted by Gasteiger charge is 2.41. The van der Waals surface area contributed by atoms with Crippen molar-refractivity contribution in [3.63, 3.8) is 0 Å². The first-order valence-corrected chi connectivity index (χ1v) is 8.99. The van der Waals surface area contributed by atoms with Crippen molar-refractivity contribution >= 4 is 5.91 Å². The van der Waals surface area contributed by atoms with E-state index in [0.717, 1.165) is 38.4 Å². The van der Waals surface area contributed by atoms with Crippen molar-refractivity contribution in [2.75, 3.05) is 33.2 Å². The highest BCUT2D eigenvalue weighted by molar-refractivity contribution is 5.93. The molecule has 0 bridgehead atoms. The molecule has 3 aliphatic rings. The van der Waals surface area contributed by atoms with Gasteiger partial charge in [0.15, 0.2) is 5.69 Å². The third-order valence-corrected chi connectivity index (χ3v) is 6.05. The first kappa shape index (κ1) is 15.1. The molecule has 126 valence electrons. The Morgan fingerprint density at radius 1 is 1.13 bits per heavy atom. The van der Waals surface area contributed by atoms with E-state index in [-0.39, 0.29) is 5.91 Å². The maximum absolute atomic E-state index is 12.8. The van der Waals surface area contributed by atoms with Crippen LogP contribution in [0.25, 0.3) is 0 Å². The van der Waals surface area contributed by atoms with Crippen LogP contribution in [0.4, 0.5) is 0 Å². The zero-order valence-corrected chi connectivity index (χ0v) is 14.2. The SMILES string of the molecule is Cc1c(C(=O)N2C[C@H]3CN(C)C[C@H]3C2)nnn1CC1CCCC1. The Balaban J connectivity index is 1.44. The molecule has 1 amide bonds. The predicted molar refractivity (Wildman–Crippen MR) is 87.1 cm³/mol. The van der Waals surface area contributed by atoms with Gasteiger partial charge in [0.2, 0.25) is 0 Å². The molecular formula is C17H27N5O. The van der Waals surface area contributed by atoms with Crippen LogP contribution in [0.2, 0.25) is 0 Å². The molecule has 0 aromatic carbocycles. The first-order chi connectivity index (χ1) is 11.1. The fourth-order valence-corrected chi connectivity index (χ4v) is 4.71. The number of nitrogens with zero attached hydrogens (tertiary/aromatic N) is 5. The Morgan fingerprint density at radius 2 is 1.78 bits per heavy atom. The highest BCUT2D eigenvalue weighted by atomic mass is 16.2. The highest BCUT2D eigenvalue weighted by Crippen LogP contribution is 2.31. The van der Waals surface area contributed by atoms with E-state index in [0.29, 0.717) is 23.4 Å². The first-order valence-electron chi connectivity index (χ1n) is 8.99. The van der Waals surface area contributed by atoms with E-state index in [4.69, 9.17) is 0 Å². The van der Waals surface area contributed by atoms with Gasteiger partial charge in [-0.1, -0.05) is 18.1 Å². The van der Waals surface area contributed by atoms with Gasteiger partial charge in [-0.15, -0.1) is 5.10 Å². The summed E-state index contributed by atoms with van der Waals surface area (Å²) in [6, 6.07) is 0. The maximum Gasteiger partial charge on any atom is 0.276 e. The van der Waals surface area contributed by atoms with E-state index in [9.17, 15) is 4.79 Å². The van der Waals surface area contributed by atoms with Crippen LogP contribution < -0.4 is 0 Å². The van der Waals surface area contributed by atoms with Crippen molar-refractivity contribution < 1.29 is 4.79 Å². The van der Waals surface area contributed by atoms with E-state index in [2.05, 4.69) is 22.3 Å². The second-order valence-electron chi connectivity index (χ2n) is 7.81. The average Bonchev–Trinajstić information content (AvgIpc) is 3.25. The minimum atomic E-state index is 0.0808. The molecule has 1 aromatic rings. The third kappa shape index (κ3) is 2.77. The Labute approximate surface area is 137 Å². The van der Waals surface area contributed by atoms with Gasteiger partial charge in [-0.25, -0.2) is 4.68 Å². The number of amides is 1. The van der Waals surface area contributed by atoms with Crippen molar-refractivity contribution in [1.82, 2.24) is 24.8 Å². The number of aromatic nitrogens is 3. The van der Waals surface area contributed by atoms with Gasteiger partial charge in [0.25, 0.3) is 5.91 Å². The van der Waals surface area contributed by atoms with Gasteiger partial charge in [-0.3, -0.25) is 4.79 Å². The summed E-state index contributed by atoms with van der Waals surface area (Å²) in [5.74, 6) is 2.06. The molecule has 2 aliphatic heterocycles. The molecule has 0 unspecified atom stereocenters. The molecule has 1 aromatic heterocycles. The number of rotatable bonds is 3. The summed E-state index contributed by atoms with van der Waals surface area (Å²) in [5.41, 5.74) is 1.51. The number of carbonyl (C=O) groups excluding carboxylic acids is 1. The van der Waals surface area contributed by atoms with Crippen molar-refractivity contribution in [3.8, 4) is 0 Å². The van der Waals surface area contributed by atoms with Crippen LogP contribution in [0.1, 0.15) is 41.9 Å². The van der Waals surface area contributed by atoms with E-state index >= 15 is 0 Å². The van der Waals surface area contributed by atoms with Crippen molar-refractivity contribution in [2.45, 2.75) is 39.2 Å². The van der Waals surface area contributed by atoms with Gasteiger partial charge in [-0.05, 0) is 44.6 Å². The van der Waals surface area contributed by atoms with Crippen molar-refractivity contribution in [1.29, 1.82) is 0 Å². The summed E-state index contributed by atoms with van der Waals surface area (Å²) in [4.78, 5) is 17.2. The van der Waals surface area contributed by atoms with Crippen LogP contribution in [0, 0.1) is 24.7 Å². The molecule has 2 atom stereocenters. The van der Waals surface area contributed by atoms with Crippen LogP contribution in [-0.4, -0.2) is 63.9 Å². The Bertz CT molecular complexity index is 578. The van der Waals surface area contributed by atoms with Crippen LogP contribution in [0.15, 0.2) is 0 Å². The number of hydrogen-bond donors (Lipinski definition) is 0. The molecule has 4 rings (SSSR count). The van der Waals surface area contributed by atoms with Gasteiger partial charge in [-0.2, -0.15) is 0 Å². The fraction of sp³-hybridized carbons (Fsp3) is 0.824. The van der Waals surface area contributed by atoms with Gasteiger partial charge in [0, 0.05) is 32.7 Å². The Hall–Kier alpha value is -1.43. The summed E-state index contributed by atoms with van der Waals surface area (Å²) < 4.78 is 1.95. The fourth-order valence-electron chi connectivity index (χ4n) is 4.71. The summed E-state index contributed by atoms with van der Waals surface area (Å²) in [5, 5.41) is 8.49. The minimum absolute atomic E-state index is 0.0808. The molecule has 6 heteroatoms. The number of carbonyl (C=O) groups is 1. The van der Waals surface area contributed by atoms with Gasteiger partial charge in [0.05, 0.1) is 5.69 Å². The summed E-state index contributed by atoms with van der Waals surface area (Å²) in [7, 11) is 2.17. The minimum Gasteiger partial charge on any atom is -0.337 e. The summed E-state index contributed by atoms with van der Waals surface area (Å²) in [6.45, 7) is 6.89. The molecule has 1 saturated carbocycles. The Morgan fingerprint density at radius 3 is 2.43 bits per heavy atom. The smallest absolute Gasteiger partial charge is 0.276 e. The lowest BCUT2D eigenvalue weighted by molar-refractivity contribution is 0.0769. The van der Waals surface area contributed by atoms with Crippen LogP contribution >= 0.6 is 0 Å². The number of fused-ring (bicyclic) bond motifs is 1. The second kappa shape index (κ2) is 5.89. The topological polar surface area (TPSA) is 54.3 Å². The molecule has 6 nitrogen and oxygen atoms in total. The maximum atomic E-state index is 12.8. The molecule has 2 saturated heterocycles. The molecule has 23 heavy (non-hydrogen) atoms. The standard InChI is InChI=1S/C17H27N5O/c1-12-16(18-19-22(12)7-13-5-3-4-6-13)17(23)21-10-14-8-20(2)9-15(14)11-21/h13-15H,3-11H2,1-2H3/t14-,15+. The van der Waals surface area contributed by atoms with Crippen molar-refractivity contribution in [2.24, 2.45) is 17.8 Å². The van der Waals surface area contributed by atoms with E-state index in [1.165, 1.54) is 25.7 Å². The van der Waals surface area contributed by atoms with Crippen LogP contribution in [0.3, 0.4) is 0 Å². The average molecular weight is 317 g/mol. The van der Waals surface area contributed by atoms with Crippen LogP contribution in [-0.2, 0) is 6.54 Å². The predicted octanol–water partition coefficient (Wildman–Crippen LogP) is 1.41. The quantitative estimate of drug-likeness (QED) is 0.846. The van der Waals surface area contributed by atoms with E-state index in [1.54, 1.807) is 0 Å².